The molecule has 0 atom stereocenters. The first-order valence-electron chi connectivity index (χ1n) is 2.54. The number of rotatable bonds is 4. The van der Waals surface area contributed by atoms with Gasteiger partial charge in [-0.3, -0.25) is 4.79 Å². The van der Waals surface area contributed by atoms with Crippen LogP contribution >= 0.6 is 0 Å². The highest BCUT2D eigenvalue weighted by atomic mass is 16.3. The lowest BCUT2D eigenvalue weighted by molar-refractivity contribution is -0.120. The lowest BCUT2D eigenvalue weighted by atomic mass is 10.2. The van der Waals surface area contributed by atoms with Gasteiger partial charge in [0.25, 0.3) is 0 Å². The van der Waals surface area contributed by atoms with Gasteiger partial charge in [-0.1, -0.05) is 0 Å². The van der Waals surface area contributed by atoms with Crippen molar-refractivity contribution < 1.29 is 15.0 Å². The molecule has 3 heteroatoms. The van der Waals surface area contributed by atoms with Crippen molar-refractivity contribution in [1.29, 1.82) is 0 Å². The Balaban J connectivity index is 3.06. The molecule has 48 valence electrons. The summed E-state index contributed by atoms with van der Waals surface area (Å²) in [5, 5.41) is 16.3. The van der Waals surface area contributed by atoms with E-state index in [0.717, 1.165) is 0 Å². The van der Waals surface area contributed by atoms with Gasteiger partial charge in [0.2, 0.25) is 0 Å². The van der Waals surface area contributed by atoms with Crippen LogP contribution in [0.3, 0.4) is 0 Å². The molecule has 0 radical (unpaired) electrons. The Morgan fingerprint density at radius 3 is 1.75 bits per heavy atom. The standard InChI is InChI=1S/C5H10O3/c6-3-1-5(8)2-4-7/h6-7H,1-4H2. The Labute approximate surface area is 47.9 Å². The first-order chi connectivity index (χ1) is 3.81. The van der Waals surface area contributed by atoms with Gasteiger partial charge in [0.1, 0.15) is 5.78 Å². The van der Waals surface area contributed by atoms with Gasteiger partial charge < -0.3 is 10.2 Å². The first-order valence-corrected chi connectivity index (χ1v) is 2.54. The van der Waals surface area contributed by atoms with Crippen molar-refractivity contribution in [3.8, 4) is 0 Å². The third-order valence-electron chi connectivity index (χ3n) is 0.781. The molecule has 0 aliphatic heterocycles. The molecule has 0 aromatic rings. The minimum Gasteiger partial charge on any atom is -0.396 e. The SMILES string of the molecule is O=C(CCO)CCO. The molecule has 0 spiro atoms. The summed E-state index contributed by atoms with van der Waals surface area (Å²) in [5.41, 5.74) is 0. The van der Waals surface area contributed by atoms with Crippen molar-refractivity contribution in [1.82, 2.24) is 0 Å². The van der Waals surface area contributed by atoms with E-state index in [2.05, 4.69) is 0 Å². The van der Waals surface area contributed by atoms with Crippen LogP contribution in [-0.4, -0.2) is 29.2 Å². The van der Waals surface area contributed by atoms with Crippen LogP contribution in [0.4, 0.5) is 0 Å². The molecular weight excluding hydrogens is 108 g/mol. The molecule has 0 aliphatic carbocycles. The number of carbonyl (C=O) groups excluding carboxylic acids is 1. The average Bonchev–Trinajstić information content (AvgIpc) is 1.68. The van der Waals surface area contributed by atoms with Crippen molar-refractivity contribution >= 4 is 5.78 Å². The second kappa shape index (κ2) is 4.74. The molecule has 0 aromatic heterocycles. The van der Waals surface area contributed by atoms with Crippen LogP contribution in [0.15, 0.2) is 0 Å². The van der Waals surface area contributed by atoms with E-state index < -0.39 is 0 Å². The van der Waals surface area contributed by atoms with E-state index in [1.54, 1.807) is 0 Å². The summed E-state index contributed by atoms with van der Waals surface area (Å²) >= 11 is 0. The minimum absolute atomic E-state index is 0.0880. The third-order valence-corrected chi connectivity index (χ3v) is 0.781. The molecule has 0 saturated carbocycles. The van der Waals surface area contributed by atoms with Crippen molar-refractivity contribution in [2.75, 3.05) is 13.2 Å². The van der Waals surface area contributed by atoms with Gasteiger partial charge in [-0.25, -0.2) is 0 Å². The monoisotopic (exact) mass is 118 g/mol. The van der Waals surface area contributed by atoms with Crippen LogP contribution in [-0.2, 0) is 4.79 Å². The first kappa shape index (κ1) is 7.59. The number of aliphatic hydroxyl groups excluding tert-OH is 2. The Kier molecular flexibility index (Phi) is 4.50. The van der Waals surface area contributed by atoms with Gasteiger partial charge in [-0.2, -0.15) is 0 Å². The fourth-order valence-corrected chi connectivity index (χ4v) is 0.374. The maximum Gasteiger partial charge on any atom is 0.137 e. The quantitative estimate of drug-likeness (QED) is 0.514. The maximum atomic E-state index is 10.3. The number of ketones is 1. The molecule has 8 heavy (non-hydrogen) atoms. The summed E-state index contributed by atoms with van der Waals surface area (Å²) in [7, 11) is 0. The number of aliphatic hydroxyl groups is 2. The molecule has 0 aromatic carbocycles. The van der Waals surface area contributed by atoms with Crippen molar-refractivity contribution in [2.24, 2.45) is 0 Å². The fourth-order valence-electron chi connectivity index (χ4n) is 0.374. The molecule has 3 nitrogen and oxygen atoms in total. The van der Waals surface area contributed by atoms with Crippen LogP contribution < -0.4 is 0 Å². The normalized spacial score (nSPS) is 9.25. The zero-order valence-corrected chi connectivity index (χ0v) is 4.63. The van der Waals surface area contributed by atoms with Crippen molar-refractivity contribution in [3.05, 3.63) is 0 Å². The van der Waals surface area contributed by atoms with Crippen LogP contribution in [0.2, 0.25) is 0 Å². The number of carbonyl (C=O) groups is 1. The molecule has 0 amide bonds. The highest BCUT2D eigenvalue weighted by Crippen LogP contribution is 1.85. The maximum absolute atomic E-state index is 10.3. The van der Waals surface area contributed by atoms with Gasteiger partial charge in [-0.15, -0.1) is 0 Å². The van der Waals surface area contributed by atoms with Crippen LogP contribution in [0.1, 0.15) is 12.8 Å². The predicted molar refractivity (Wildman–Crippen MR) is 28.4 cm³/mol. The van der Waals surface area contributed by atoms with Gasteiger partial charge >= 0.3 is 0 Å². The topological polar surface area (TPSA) is 57.5 Å². The van der Waals surface area contributed by atoms with Crippen molar-refractivity contribution in [2.45, 2.75) is 12.8 Å². The highest BCUT2D eigenvalue weighted by molar-refractivity contribution is 5.78. The van der Waals surface area contributed by atoms with E-state index in [9.17, 15) is 4.79 Å². The molecule has 0 bridgehead atoms. The number of Topliss-reactive ketones (excluding diaryl/α,β-unsaturated/α-hetero) is 1. The Bertz CT molecular complexity index is 62.1. The largest absolute Gasteiger partial charge is 0.396 e. The second-order valence-electron chi connectivity index (χ2n) is 1.49. The number of hydrogen-bond donors (Lipinski definition) is 2. The van der Waals surface area contributed by atoms with E-state index in [0.29, 0.717) is 0 Å². The highest BCUT2D eigenvalue weighted by Gasteiger charge is 1.96. The molecule has 0 fully saturated rings. The van der Waals surface area contributed by atoms with Gasteiger partial charge in [0.15, 0.2) is 0 Å². The summed E-state index contributed by atoms with van der Waals surface area (Å²) in [6.45, 7) is -0.225. The Hall–Kier alpha value is -0.410. The minimum atomic E-state index is -0.112. The predicted octanol–water partition coefficient (Wildman–Crippen LogP) is -0.680. The van der Waals surface area contributed by atoms with E-state index in [-0.39, 0.29) is 31.8 Å². The third kappa shape index (κ3) is 3.77. The summed E-state index contributed by atoms with van der Waals surface area (Å²) in [6, 6.07) is 0. The molecule has 0 aliphatic rings. The molecule has 0 saturated heterocycles. The molecule has 0 rings (SSSR count). The van der Waals surface area contributed by atoms with E-state index in [4.69, 9.17) is 10.2 Å². The number of hydrogen-bond acceptors (Lipinski definition) is 3. The average molecular weight is 118 g/mol. The molecule has 0 heterocycles. The van der Waals surface area contributed by atoms with Crippen LogP contribution in [0.25, 0.3) is 0 Å². The fraction of sp³-hybridized carbons (Fsp3) is 0.800. The summed E-state index contributed by atoms with van der Waals surface area (Å²) in [6.07, 6.45) is 0.334. The second-order valence-corrected chi connectivity index (χ2v) is 1.49. The van der Waals surface area contributed by atoms with Crippen molar-refractivity contribution in [3.63, 3.8) is 0 Å². The van der Waals surface area contributed by atoms with Crippen LogP contribution in [0, 0.1) is 0 Å². The zero-order valence-electron chi connectivity index (χ0n) is 4.63. The van der Waals surface area contributed by atoms with E-state index in [1.165, 1.54) is 0 Å². The zero-order chi connectivity index (χ0) is 6.41. The van der Waals surface area contributed by atoms with Gasteiger partial charge in [0.05, 0.1) is 0 Å². The Morgan fingerprint density at radius 2 is 1.50 bits per heavy atom. The summed E-state index contributed by atoms with van der Waals surface area (Å²) in [4.78, 5) is 10.3. The lowest BCUT2D eigenvalue weighted by Crippen LogP contribution is -2.02. The van der Waals surface area contributed by atoms with Crippen LogP contribution in [0.5, 0.6) is 0 Å². The Morgan fingerprint density at radius 1 is 1.12 bits per heavy atom. The molecular formula is C5H10O3. The van der Waals surface area contributed by atoms with Gasteiger partial charge in [0, 0.05) is 26.1 Å². The summed E-state index contributed by atoms with van der Waals surface area (Å²) in [5.74, 6) is -0.0880. The lowest BCUT2D eigenvalue weighted by Gasteiger charge is -1.90. The summed E-state index contributed by atoms with van der Waals surface area (Å²) < 4.78 is 0. The molecule has 0 unspecified atom stereocenters. The smallest absolute Gasteiger partial charge is 0.137 e. The van der Waals surface area contributed by atoms with E-state index in [1.807, 2.05) is 0 Å². The molecule has 2 N–H and O–H groups in total. The van der Waals surface area contributed by atoms with Gasteiger partial charge in [-0.05, 0) is 0 Å². The van der Waals surface area contributed by atoms with E-state index >= 15 is 0 Å².